The van der Waals surface area contributed by atoms with Crippen LogP contribution in [-0.2, 0) is 19.0 Å². The summed E-state index contributed by atoms with van der Waals surface area (Å²) in [5.74, 6) is -0.192. The van der Waals surface area contributed by atoms with Gasteiger partial charge in [0.2, 0.25) is 5.91 Å². The maximum atomic E-state index is 12.1. The molecule has 2 aliphatic rings. The Balaban J connectivity index is 2.25. The Morgan fingerprint density at radius 2 is 2.13 bits per heavy atom. The summed E-state index contributed by atoms with van der Waals surface area (Å²) >= 11 is 7.04. The van der Waals surface area contributed by atoms with Gasteiger partial charge in [-0.25, -0.2) is 4.79 Å². The number of amides is 2. The first-order chi connectivity index (χ1) is 14.6. The number of hydrogen-bond donors (Lipinski definition) is 2. The molecule has 2 N–H and O–H groups in total. The number of imide groups is 1. The first-order valence-corrected chi connectivity index (χ1v) is 12.1. The molecule has 2 amide bonds. The largest absolute Gasteiger partial charge is 0.443 e. The minimum absolute atomic E-state index is 0.0635. The van der Waals surface area contributed by atoms with Crippen LogP contribution in [0.3, 0.4) is 0 Å². The number of epoxide rings is 1. The Kier molecular flexibility index (Phi) is 9.45. The van der Waals surface area contributed by atoms with E-state index in [1.165, 1.54) is 12.7 Å². The van der Waals surface area contributed by atoms with Gasteiger partial charge in [0.25, 0.3) is 0 Å². The first kappa shape index (κ1) is 26.2. The fourth-order valence-corrected chi connectivity index (χ4v) is 5.50. The van der Waals surface area contributed by atoms with Crippen molar-refractivity contribution in [1.29, 1.82) is 0 Å². The minimum atomic E-state index is -1.06. The van der Waals surface area contributed by atoms with Crippen molar-refractivity contribution in [3.8, 4) is 0 Å². The van der Waals surface area contributed by atoms with Crippen LogP contribution in [0.2, 0.25) is 0 Å². The number of methoxy groups -OCH3 is 1. The highest BCUT2D eigenvalue weighted by Gasteiger charge is 2.67. The van der Waals surface area contributed by atoms with Crippen molar-refractivity contribution in [2.45, 2.75) is 69.5 Å². The maximum absolute atomic E-state index is 12.1. The number of allylic oxidation sites excluding steroid dienone is 1. The van der Waals surface area contributed by atoms with Gasteiger partial charge in [-0.15, -0.1) is 18.2 Å². The van der Waals surface area contributed by atoms with Crippen molar-refractivity contribution < 1.29 is 28.9 Å². The summed E-state index contributed by atoms with van der Waals surface area (Å²) in [6.45, 7) is 9.79. The number of hydrogen-bond acceptors (Lipinski definition) is 7. The molecule has 0 bridgehead atoms. The molecule has 0 aromatic rings. The fourth-order valence-electron chi connectivity index (χ4n) is 4.47. The van der Waals surface area contributed by atoms with Crippen molar-refractivity contribution in [3.05, 3.63) is 24.3 Å². The van der Waals surface area contributed by atoms with Crippen LogP contribution in [0.1, 0.15) is 40.0 Å². The molecule has 1 saturated heterocycles. The number of carbonyl (C=O) groups is 2. The summed E-state index contributed by atoms with van der Waals surface area (Å²) in [6, 6.07) is 0. The van der Waals surface area contributed by atoms with Crippen LogP contribution in [0.25, 0.3) is 0 Å². The van der Waals surface area contributed by atoms with Crippen molar-refractivity contribution in [1.82, 2.24) is 5.32 Å². The lowest BCUT2D eigenvalue weighted by molar-refractivity contribution is -0.170. The molecule has 0 aromatic heterocycles. The highest BCUT2D eigenvalue weighted by Crippen LogP contribution is 2.55. The number of ether oxygens (including phenoxy) is 3. The molecule has 1 saturated carbocycles. The van der Waals surface area contributed by atoms with Crippen LogP contribution in [0.4, 0.5) is 4.79 Å². The van der Waals surface area contributed by atoms with Gasteiger partial charge in [0.15, 0.2) is 0 Å². The van der Waals surface area contributed by atoms with E-state index in [-0.39, 0.29) is 12.0 Å². The lowest BCUT2D eigenvalue weighted by Gasteiger charge is -2.48. The van der Waals surface area contributed by atoms with E-state index in [2.05, 4.69) is 18.0 Å². The molecule has 1 heterocycles. The van der Waals surface area contributed by atoms with Crippen molar-refractivity contribution in [2.75, 3.05) is 24.5 Å². The Labute approximate surface area is 193 Å². The Morgan fingerprint density at radius 1 is 1.42 bits per heavy atom. The summed E-state index contributed by atoms with van der Waals surface area (Å²) in [7, 11) is 1.54. The molecular formula is C22H34ClNO6S. The van der Waals surface area contributed by atoms with Crippen LogP contribution in [0, 0.1) is 5.92 Å². The lowest BCUT2D eigenvalue weighted by Crippen LogP contribution is -2.61. The van der Waals surface area contributed by atoms with Gasteiger partial charge in [-0.1, -0.05) is 17.7 Å². The third kappa shape index (κ3) is 6.48. The summed E-state index contributed by atoms with van der Waals surface area (Å²) in [6.07, 6.45) is 3.31. The summed E-state index contributed by atoms with van der Waals surface area (Å²) in [5.41, 5.74) is -0.491. The zero-order chi connectivity index (χ0) is 23.2. The summed E-state index contributed by atoms with van der Waals surface area (Å²) in [5, 5.41) is 13.8. The molecule has 0 aromatic carbocycles. The third-order valence-corrected chi connectivity index (χ3v) is 7.37. The molecule has 1 aliphatic carbocycles. The predicted molar refractivity (Wildman–Crippen MR) is 122 cm³/mol. The van der Waals surface area contributed by atoms with Crippen LogP contribution in [0.5, 0.6) is 0 Å². The van der Waals surface area contributed by atoms with Crippen LogP contribution in [0.15, 0.2) is 24.3 Å². The highest BCUT2D eigenvalue weighted by atomic mass is 35.5. The number of carbonyl (C=O) groups excluding carboxylic acids is 2. The van der Waals surface area contributed by atoms with E-state index in [0.29, 0.717) is 24.3 Å². The quantitative estimate of drug-likeness (QED) is 0.216. The number of halogens is 1. The van der Waals surface area contributed by atoms with Gasteiger partial charge in [-0.3, -0.25) is 10.1 Å². The van der Waals surface area contributed by atoms with Gasteiger partial charge in [0.1, 0.15) is 23.7 Å². The SMILES string of the molecule is C=CCSCC1(O)CCC(OC(=O)NC(=O)CCl)C(OC)C1C1(C)OC1CC=C(C)C. The molecule has 2 fully saturated rings. The molecule has 7 nitrogen and oxygen atoms in total. The van der Waals surface area contributed by atoms with E-state index in [9.17, 15) is 14.7 Å². The first-order valence-electron chi connectivity index (χ1n) is 10.4. The Bertz CT molecular complexity index is 699. The van der Waals surface area contributed by atoms with Gasteiger partial charge < -0.3 is 19.3 Å². The van der Waals surface area contributed by atoms with E-state index in [1.54, 1.807) is 17.8 Å². The second kappa shape index (κ2) is 11.2. The van der Waals surface area contributed by atoms with Gasteiger partial charge in [-0.2, -0.15) is 11.8 Å². The molecule has 6 atom stereocenters. The van der Waals surface area contributed by atoms with E-state index in [0.717, 1.165) is 6.42 Å². The summed E-state index contributed by atoms with van der Waals surface area (Å²) in [4.78, 5) is 23.6. The van der Waals surface area contributed by atoms with Crippen molar-refractivity contribution in [3.63, 3.8) is 0 Å². The van der Waals surface area contributed by atoms with Gasteiger partial charge in [-0.05, 0) is 40.0 Å². The summed E-state index contributed by atoms with van der Waals surface area (Å²) < 4.78 is 17.4. The Hall–Kier alpha value is -1.06. The maximum Gasteiger partial charge on any atom is 0.414 e. The average molecular weight is 476 g/mol. The molecule has 2 rings (SSSR count). The third-order valence-electron chi connectivity index (χ3n) is 5.95. The smallest absolute Gasteiger partial charge is 0.414 e. The topological polar surface area (TPSA) is 97.4 Å². The van der Waals surface area contributed by atoms with Crippen LogP contribution < -0.4 is 5.32 Å². The van der Waals surface area contributed by atoms with Gasteiger partial charge in [0, 0.05) is 24.5 Å². The van der Waals surface area contributed by atoms with E-state index >= 15 is 0 Å². The second-order valence-corrected chi connectivity index (χ2v) is 9.85. The van der Waals surface area contributed by atoms with Gasteiger partial charge in [0.05, 0.1) is 11.7 Å². The van der Waals surface area contributed by atoms with E-state index < -0.39 is 41.3 Å². The zero-order valence-electron chi connectivity index (χ0n) is 18.7. The van der Waals surface area contributed by atoms with Crippen molar-refractivity contribution in [2.24, 2.45) is 5.92 Å². The number of alkyl halides is 1. The second-order valence-electron chi connectivity index (χ2n) is 8.56. The van der Waals surface area contributed by atoms with E-state index in [1.807, 2.05) is 20.8 Å². The standard InChI is InChI=1S/C22H34ClNO6S/c1-6-11-31-13-22(27)10-9-15(29-20(26)24-17(25)12-23)18(28-5)19(22)21(4)16(30-21)8-7-14(2)3/h6-7,15-16,18-19,27H,1,8-13H2,2-5H3,(H,24,25,26). The normalized spacial score (nSPS) is 34.5. The van der Waals surface area contributed by atoms with Crippen molar-refractivity contribution >= 4 is 35.4 Å². The minimum Gasteiger partial charge on any atom is -0.443 e. The molecular weight excluding hydrogens is 442 g/mol. The Morgan fingerprint density at radius 3 is 2.71 bits per heavy atom. The molecule has 0 radical (unpaired) electrons. The zero-order valence-corrected chi connectivity index (χ0v) is 20.3. The number of aliphatic hydroxyl groups is 1. The number of alkyl carbamates (subject to hydrolysis) is 1. The molecule has 1 aliphatic heterocycles. The lowest BCUT2D eigenvalue weighted by atomic mass is 9.66. The van der Waals surface area contributed by atoms with Gasteiger partial charge >= 0.3 is 6.09 Å². The molecule has 31 heavy (non-hydrogen) atoms. The van der Waals surface area contributed by atoms with Crippen LogP contribution in [-0.4, -0.2) is 71.1 Å². The molecule has 6 unspecified atom stereocenters. The fraction of sp³-hybridized carbons (Fsp3) is 0.727. The molecule has 9 heteroatoms. The molecule has 176 valence electrons. The number of nitrogens with one attached hydrogen (secondary N) is 1. The van der Waals surface area contributed by atoms with Crippen LogP contribution >= 0.6 is 23.4 Å². The number of rotatable bonds is 10. The van der Waals surface area contributed by atoms with E-state index in [4.69, 9.17) is 25.8 Å². The highest BCUT2D eigenvalue weighted by molar-refractivity contribution is 7.99. The monoisotopic (exact) mass is 475 g/mol. The molecule has 0 spiro atoms. The average Bonchev–Trinajstić information content (AvgIpc) is 3.38. The predicted octanol–water partition coefficient (Wildman–Crippen LogP) is 3.44. The number of thioether (sulfide) groups is 1.